The highest BCUT2D eigenvalue weighted by atomic mass is 35.5. The van der Waals surface area contributed by atoms with E-state index < -0.39 is 21.9 Å². The van der Waals surface area contributed by atoms with Crippen LogP contribution in [0.25, 0.3) is 0 Å². The van der Waals surface area contributed by atoms with Gasteiger partial charge in [0.1, 0.15) is 0 Å². The van der Waals surface area contributed by atoms with Gasteiger partial charge in [-0.15, -0.1) is 0 Å². The summed E-state index contributed by atoms with van der Waals surface area (Å²) in [6.45, 7) is 2.49. The zero-order valence-electron chi connectivity index (χ0n) is 20.1. The summed E-state index contributed by atoms with van der Waals surface area (Å²) >= 11 is 6.23. The maximum absolute atomic E-state index is 13.5. The van der Waals surface area contributed by atoms with E-state index in [0.717, 1.165) is 23.4 Å². The van der Waals surface area contributed by atoms with Gasteiger partial charge in [0.15, 0.2) is 0 Å². The Labute approximate surface area is 215 Å². The van der Waals surface area contributed by atoms with Crippen molar-refractivity contribution < 1.29 is 25.8 Å². The molecule has 9 heteroatoms. The molecular formula is C27H29ClF3NO3S. The second-order valence-corrected chi connectivity index (χ2v) is 10.8. The van der Waals surface area contributed by atoms with Crippen LogP contribution in [0.2, 0.25) is 5.02 Å². The minimum Gasteiger partial charge on any atom is -0.295 e. The number of rotatable bonds is 11. The van der Waals surface area contributed by atoms with Crippen molar-refractivity contribution in [2.45, 2.75) is 38.0 Å². The van der Waals surface area contributed by atoms with Crippen molar-refractivity contribution in [3.63, 3.8) is 0 Å². The highest BCUT2D eigenvalue weighted by Gasteiger charge is 2.34. The van der Waals surface area contributed by atoms with E-state index >= 15 is 0 Å². The van der Waals surface area contributed by atoms with Crippen molar-refractivity contribution in [1.82, 2.24) is 4.90 Å². The maximum Gasteiger partial charge on any atom is 0.417 e. The van der Waals surface area contributed by atoms with E-state index in [-0.39, 0.29) is 30.1 Å². The van der Waals surface area contributed by atoms with Crippen LogP contribution in [0, 0.1) is 0 Å². The zero-order chi connectivity index (χ0) is 26.3. The third-order valence-electron chi connectivity index (χ3n) is 6.03. The van der Waals surface area contributed by atoms with Crippen molar-refractivity contribution >= 4 is 21.7 Å². The third kappa shape index (κ3) is 8.06. The molecule has 0 spiro atoms. The first-order valence-corrected chi connectivity index (χ1v) is 13.7. The van der Waals surface area contributed by atoms with E-state index in [9.17, 15) is 21.6 Å². The first-order valence-electron chi connectivity index (χ1n) is 11.5. The van der Waals surface area contributed by atoms with Crippen LogP contribution in [-0.2, 0) is 27.0 Å². The predicted molar refractivity (Wildman–Crippen MR) is 136 cm³/mol. The van der Waals surface area contributed by atoms with E-state index in [1.54, 1.807) is 6.07 Å². The number of alkyl halides is 3. The Bertz CT molecular complexity index is 1180. The van der Waals surface area contributed by atoms with E-state index in [4.69, 9.17) is 15.8 Å². The molecule has 36 heavy (non-hydrogen) atoms. The molecule has 3 rings (SSSR count). The average molecular weight is 540 g/mol. The normalized spacial score (nSPS) is 13.3. The van der Waals surface area contributed by atoms with Crippen molar-refractivity contribution in [2.75, 3.05) is 19.4 Å². The van der Waals surface area contributed by atoms with Crippen molar-refractivity contribution in [2.24, 2.45) is 0 Å². The van der Waals surface area contributed by atoms with Gasteiger partial charge < -0.3 is 0 Å². The van der Waals surface area contributed by atoms with Gasteiger partial charge in [0.05, 0.1) is 23.4 Å². The molecule has 0 radical (unpaired) electrons. The smallest absolute Gasteiger partial charge is 0.295 e. The van der Waals surface area contributed by atoms with E-state index in [2.05, 4.69) is 0 Å². The van der Waals surface area contributed by atoms with Crippen LogP contribution < -0.4 is 0 Å². The van der Waals surface area contributed by atoms with Crippen LogP contribution in [0.15, 0.2) is 78.9 Å². The largest absolute Gasteiger partial charge is 0.417 e. The van der Waals surface area contributed by atoms with Crippen molar-refractivity contribution in [3.8, 4) is 0 Å². The molecule has 1 atom stereocenters. The first kappa shape index (κ1) is 28.2. The quantitative estimate of drug-likeness (QED) is 0.253. The minimum absolute atomic E-state index is 0.0336. The van der Waals surface area contributed by atoms with E-state index in [1.165, 1.54) is 6.07 Å². The molecule has 0 aliphatic carbocycles. The highest BCUT2D eigenvalue weighted by Crippen LogP contribution is 2.37. The second-order valence-electron chi connectivity index (χ2n) is 8.74. The number of hydrogen-bond acceptors (Lipinski definition) is 4. The fourth-order valence-electron chi connectivity index (χ4n) is 4.10. The molecule has 0 fully saturated rings. The topological polar surface area (TPSA) is 46.6 Å². The van der Waals surface area contributed by atoms with Crippen LogP contribution in [0.3, 0.4) is 0 Å². The highest BCUT2D eigenvalue weighted by molar-refractivity contribution is 7.85. The van der Waals surface area contributed by atoms with Crippen LogP contribution in [-0.4, -0.2) is 38.8 Å². The molecule has 4 nitrogen and oxygen atoms in total. The van der Waals surface area contributed by atoms with Crippen LogP contribution in [0.4, 0.5) is 13.2 Å². The van der Waals surface area contributed by atoms with Gasteiger partial charge in [-0.25, -0.2) is 0 Å². The summed E-state index contributed by atoms with van der Waals surface area (Å²) in [5.74, 6) is -0.0738. The number of nitrogens with zero attached hydrogens (tertiary/aromatic N) is 1. The number of hydrogen-bond donors (Lipinski definition) is 0. The maximum atomic E-state index is 13.5. The van der Waals surface area contributed by atoms with Gasteiger partial charge >= 0.3 is 6.18 Å². The summed E-state index contributed by atoms with van der Waals surface area (Å²) in [4.78, 5) is 2.03. The molecule has 0 saturated heterocycles. The monoisotopic (exact) mass is 539 g/mol. The lowest BCUT2D eigenvalue weighted by atomic mass is 9.90. The lowest BCUT2D eigenvalue weighted by Gasteiger charge is -2.33. The SMILES string of the molecule is CC(CCOS(C)(=O)=O)N(Cc1cccc(C(F)(F)F)c1Cl)CC(c1ccccc1)c1ccccc1. The predicted octanol–water partition coefficient (Wildman–Crippen LogP) is 6.75. The van der Waals surface area contributed by atoms with E-state index in [0.29, 0.717) is 18.5 Å². The molecule has 0 saturated carbocycles. The molecule has 0 aromatic heterocycles. The van der Waals surface area contributed by atoms with Crippen molar-refractivity contribution in [3.05, 3.63) is 106 Å². The van der Waals surface area contributed by atoms with Crippen LogP contribution in [0.5, 0.6) is 0 Å². The molecule has 0 aliphatic heterocycles. The molecular weight excluding hydrogens is 511 g/mol. The van der Waals surface area contributed by atoms with Gasteiger partial charge in [0.2, 0.25) is 0 Å². The van der Waals surface area contributed by atoms with Crippen LogP contribution >= 0.6 is 11.6 Å². The third-order valence-corrected chi connectivity index (χ3v) is 7.08. The Morgan fingerprint density at radius 3 is 1.97 bits per heavy atom. The molecule has 0 N–H and O–H groups in total. The lowest BCUT2D eigenvalue weighted by Crippen LogP contribution is -2.37. The number of halogens is 4. The summed E-state index contributed by atoms with van der Waals surface area (Å²) in [6.07, 6.45) is -3.22. The van der Waals surface area contributed by atoms with Gasteiger partial charge in [-0.3, -0.25) is 9.08 Å². The van der Waals surface area contributed by atoms with Gasteiger partial charge in [-0.05, 0) is 36.1 Å². The Balaban J connectivity index is 1.96. The molecule has 0 aliphatic rings. The van der Waals surface area contributed by atoms with E-state index in [1.807, 2.05) is 72.5 Å². The van der Waals surface area contributed by atoms with Gasteiger partial charge in [0.25, 0.3) is 10.1 Å². The van der Waals surface area contributed by atoms with Crippen molar-refractivity contribution in [1.29, 1.82) is 0 Å². The Morgan fingerprint density at radius 1 is 0.917 bits per heavy atom. The summed E-state index contributed by atoms with van der Waals surface area (Å²) in [5.41, 5.74) is 1.59. The molecule has 0 amide bonds. The van der Waals surface area contributed by atoms with Crippen LogP contribution in [0.1, 0.15) is 41.5 Å². The van der Waals surface area contributed by atoms with Gasteiger partial charge in [-0.2, -0.15) is 21.6 Å². The molecule has 0 heterocycles. The lowest BCUT2D eigenvalue weighted by molar-refractivity contribution is -0.137. The molecule has 0 bridgehead atoms. The standard InChI is InChI=1S/C27H29ClF3NO3S/c1-20(16-17-35-36(2,33)34)32(18-23-14-9-15-25(26(23)28)27(29,30)31)19-24(21-10-5-3-6-11-21)22-12-7-4-8-13-22/h3-15,20,24H,16-19H2,1-2H3. The molecule has 3 aromatic carbocycles. The average Bonchev–Trinajstić information content (AvgIpc) is 2.82. The molecule has 194 valence electrons. The summed E-state index contributed by atoms with van der Waals surface area (Å²) in [6, 6.07) is 23.4. The second kappa shape index (κ2) is 12.2. The zero-order valence-corrected chi connectivity index (χ0v) is 21.7. The van der Waals surface area contributed by atoms with Gasteiger partial charge in [-0.1, -0.05) is 84.4 Å². The Morgan fingerprint density at radius 2 is 1.47 bits per heavy atom. The Hall–Kier alpha value is -2.39. The number of benzene rings is 3. The molecule has 3 aromatic rings. The fourth-order valence-corrected chi connectivity index (χ4v) is 4.79. The summed E-state index contributed by atoms with van der Waals surface area (Å²) in [5, 5.41) is -0.328. The summed E-state index contributed by atoms with van der Waals surface area (Å²) < 4.78 is 68.3. The first-order chi connectivity index (χ1) is 17.0. The fraction of sp³-hybridized carbons (Fsp3) is 0.333. The Kier molecular flexibility index (Phi) is 9.58. The van der Waals surface area contributed by atoms with Gasteiger partial charge in [0, 0.05) is 25.0 Å². The molecule has 1 unspecified atom stereocenters. The minimum atomic E-state index is -4.57. The summed E-state index contributed by atoms with van der Waals surface area (Å²) in [7, 11) is -3.61.